The Balaban J connectivity index is -0.000000739. The summed E-state index contributed by atoms with van der Waals surface area (Å²) < 4.78 is 9.74. The van der Waals surface area contributed by atoms with Gasteiger partial charge in [0.05, 0.1) is 0 Å². The average molecular weight is 292 g/mol. The maximum absolute atomic E-state index is 11.3. The monoisotopic (exact) mass is 292 g/mol. The first-order valence-electron chi connectivity index (χ1n) is 6.98. The Hall–Kier alpha value is -2.29. The van der Waals surface area contributed by atoms with Crippen molar-refractivity contribution < 1.29 is 14.3 Å². The molecule has 0 aromatic carbocycles. The predicted octanol–water partition coefficient (Wildman–Crippen LogP) is 6.09. The van der Waals surface area contributed by atoms with Crippen molar-refractivity contribution in [2.24, 2.45) is 0 Å². The molecule has 21 heavy (non-hydrogen) atoms. The molecule has 0 aliphatic carbocycles. The van der Waals surface area contributed by atoms with Crippen molar-refractivity contribution in [3.63, 3.8) is 0 Å². The van der Waals surface area contributed by atoms with E-state index in [0.29, 0.717) is 5.76 Å². The fourth-order valence-corrected chi connectivity index (χ4v) is 0.808. The van der Waals surface area contributed by atoms with Gasteiger partial charge >= 0.3 is 6.16 Å². The fraction of sp³-hybridized carbons (Fsp3) is 0.278. The van der Waals surface area contributed by atoms with E-state index in [-0.39, 0.29) is 5.76 Å². The summed E-state index contributed by atoms with van der Waals surface area (Å²) in [5.74, 6) is 0.564. The zero-order valence-corrected chi connectivity index (χ0v) is 13.9. The SMILES string of the molecule is C=C/C=C(\C=C)OC(=O)O/C(C=C)=C/C=C\C.CC.CC. The standard InChI is InChI=1S/C14H16O3.2C2H6/c1-5-9-11-13(8-4)17-14(15)16-12(7-3)10-6-2;2*1-2/h5-11H,2-4H2,1H3;2*1-2H3/b9-5-,12-10+,13-11+;;. The van der Waals surface area contributed by atoms with Crippen LogP contribution in [0.1, 0.15) is 34.6 Å². The lowest BCUT2D eigenvalue weighted by atomic mass is 10.4. The van der Waals surface area contributed by atoms with Crippen molar-refractivity contribution in [1.82, 2.24) is 0 Å². The largest absolute Gasteiger partial charge is 0.519 e. The highest BCUT2D eigenvalue weighted by molar-refractivity contribution is 5.64. The van der Waals surface area contributed by atoms with Crippen LogP contribution in [-0.4, -0.2) is 6.16 Å². The fourth-order valence-electron chi connectivity index (χ4n) is 0.808. The normalized spacial score (nSPS) is 10.3. The molecule has 0 unspecified atom stereocenters. The molecule has 0 rings (SSSR count). The number of allylic oxidation sites excluding steroid dienone is 7. The summed E-state index contributed by atoms with van der Waals surface area (Å²) in [4.78, 5) is 11.3. The van der Waals surface area contributed by atoms with Crippen molar-refractivity contribution in [3.8, 4) is 0 Å². The summed E-state index contributed by atoms with van der Waals surface area (Å²) in [6.45, 7) is 20.3. The molecule has 0 bridgehead atoms. The second-order valence-electron chi connectivity index (χ2n) is 2.76. The lowest BCUT2D eigenvalue weighted by Gasteiger charge is -2.05. The lowest BCUT2D eigenvalue weighted by molar-refractivity contribution is 0.108. The molecule has 0 aromatic rings. The van der Waals surface area contributed by atoms with E-state index in [1.807, 2.05) is 34.6 Å². The molecular formula is C18H28O3. The Morgan fingerprint density at radius 1 is 0.857 bits per heavy atom. The van der Waals surface area contributed by atoms with E-state index >= 15 is 0 Å². The summed E-state index contributed by atoms with van der Waals surface area (Å²) >= 11 is 0. The number of ether oxygens (including phenoxy) is 2. The molecule has 0 saturated heterocycles. The van der Waals surface area contributed by atoms with Gasteiger partial charge in [-0.3, -0.25) is 0 Å². The second-order valence-corrected chi connectivity index (χ2v) is 2.76. The van der Waals surface area contributed by atoms with E-state index in [9.17, 15) is 4.79 Å². The Labute approximate surface area is 129 Å². The molecule has 0 aliphatic heterocycles. The van der Waals surface area contributed by atoms with Gasteiger partial charge in [0.2, 0.25) is 0 Å². The van der Waals surface area contributed by atoms with Crippen molar-refractivity contribution in [1.29, 1.82) is 0 Å². The Kier molecular flexibility index (Phi) is 22.7. The van der Waals surface area contributed by atoms with Gasteiger partial charge in [0.1, 0.15) is 11.5 Å². The zero-order chi connectivity index (χ0) is 17.1. The number of rotatable bonds is 6. The Bertz CT molecular complexity index is 385. The van der Waals surface area contributed by atoms with E-state index in [2.05, 4.69) is 19.7 Å². The van der Waals surface area contributed by atoms with Crippen LogP contribution in [0, 0.1) is 0 Å². The van der Waals surface area contributed by atoms with Crippen LogP contribution in [0.25, 0.3) is 0 Å². The molecule has 0 aromatic heterocycles. The first kappa shape index (κ1) is 23.8. The molecule has 3 nitrogen and oxygen atoms in total. The molecule has 0 N–H and O–H groups in total. The van der Waals surface area contributed by atoms with Crippen molar-refractivity contribution in [2.45, 2.75) is 34.6 Å². The van der Waals surface area contributed by atoms with Gasteiger partial charge < -0.3 is 9.47 Å². The minimum absolute atomic E-state index is 0.263. The number of hydrogen-bond donors (Lipinski definition) is 0. The van der Waals surface area contributed by atoms with Crippen LogP contribution >= 0.6 is 0 Å². The van der Waals surface area contributed by atoms with Gasteiger partial charge in [-0.2, -0.15) is 0 Å². The van der Waals surface area contributed by atoms with Crippen LogP contribution in [0.3, 0.4) is 0 Å². The van der Waals surface area contributed by atoms with E-state index < -0.39 is 6.16 Å². The van der Waals surface area contributed by atoms with Gasteiger partial charge in [-0.05, 0) is 31.2 Å². The topological polar surface area (TPSA) is 35.5 Å². The van der Waals surface area contributed by atoms with Gasteiger partial charge in [0.25, 0.3) is 0 Å². The second kappa shape index (κ2) is 20.0. The third-order valence-corrected chi connectivity index (χ3v) is 1.54. The lowest BCUT2D eigenvalue weighted by Crippen LogP contribution is -2.05. The highest BCUT2D eigenvalue weighted by Gasteiger charge is 2.07. The van der Waals surface area contributed by atoms with E-state index in [1.54, 1.807) is 18.2 Å². The highest BCUT2D eigenvalue weighted by atomic mass is 16.7. The van der Waals surface area contributed by atoms with E-state index in [1.165, 1.54) is 24.3 Å². The number of hydrogen-bond acceptors (Lipinski definition) is 3. The molecule has 0 amide bonds. The van der Waals surface area contributed by atoms with Gasteiger partial charge in [-0.1, -0.05) is 65.7 Å². The van der Waals surface area contributed by atoms with Crippen LogP contribution in [0.15, 0.2) is 73.8 Å². The quantitative estimate of drug-likeness (QED) is 0.337. The predicted molar refractivity (Wildman–Crippen MR) is 91.8 cm³/mol. The maximum Gasteiger partial charge on any atom is 0.519 e. The van der Waals surface area contributed by atoms with Gasteiger partial charge in [-0.15, -0.1) is 0 Å². The summed E-state index contributed by atoms with van der Waals surface area (Å²) in [6, 6.07) is 0. The van der Waals surface area contributed by atoms with E-state index in [4.69, 9.17) is 9.47 Å². The van der Waals surface area contributed by atoms with Crippen LogP contribution in [0.2, 0.25) is 0 Å². The summed E-state index contributed by atoms with van der Waals surface area (Å²) in [5.41, 5.74) is 0. The molecule has 0 heterocycles. The summed E-state index contributed by atoms with van der Waals surface area (Å²) in [7, 11) is 0. The average Bonchev–Trinajstić information content (AvgIpc) is 2.54. The molecule has 0 atom stereocenters. The Morgan fingerprint density at radius 3 is 1.62 bits per heavy atom. The third-order valence-electron chi connectivity index (χ3n) is 1.54. The van der Waals surface area contributed by atoms with Gasteiger partial charge in [-0.25, -0.2) is 4.79 Å². The Morgan fingerprint density at radius 2 is 1.29 bits per heavy atom. The minimum Gasteiger partial charge on any atom is -0.395 e. The van der Waals surface area contributed by atoms with Gasteiger partial charge in [0.15, 0.2) is 0 Å². The van der Waals surface area contributed by atoms with E-state index in [0.717, 1.165) is 0 Å². The molecule has 0 fully saturated rings. The first-order valence-corrected chi connectivity index (χ1v) is 6.98. The summed E-state index contributed by atoms with van der Waals surface area (Å²) in [6.07, 6.45) is 10.0. The molecule has 0 radical (unpaired) electrons. The van der Waals surface area contributed by atoms with Crippen molar-refractivity contribution >= 4 is 6.16 Å². The van der Waals surface area contributed by atoms with Gasteiger partial charge in [0, 0.05) is 0 Å². The van der Waals surface area contributed by atoms with Crippen LogP contribution in [-0.2, 0) is 9.47 Å². The van der Waals surface area contributed by atoms with Crippen LogP contribution in [0.4, 0.5) is 4.79 Å². The maximum atomic E-state index is 11.3. The molecule has 118 valence electrons. The first-order chi connectivity index (χ1) is 10.2. The number of carbonyl (C=O) groups is 1. The zero-order valence-electron chi connectivity index (χ0n) is 13.9. The van der Waals surface area contributed by atoms with Crippen LogP contribution < -0.4 is 0 Å². The smallest absolute Gasteiger partial charge is 0.395 e. The summed E-state index contributed by atoms with van der Waals surface area (Å²) in [5, 5.41) is 0. The van der Waals surface area contributed by atoms with Crippen LogP contribution in [0.5, 0.6) is 0 Å². The molecule has 0 saturated carbocycles. The minimum atomic E-state index is -0.853. The van der Waals surface area contributed by atoms with Crippen molar-refractivity contribution in [2.75, 3.05) is 0 Å². The number of carbonyl (C=O) groups excluding carboxylic acids is 1. The van der Waals surface area contributed by atoms with Crippen molar-refractivity contribution in [3.05, 3.63) is 73.8 Å². The molecule has 3 heteroatoms. The highest BCUT2D eigenvalue weighted by Crippen LogP contribution is 2.06. The molecular weight excluding hydrogens is 264 g/mol. The third kappa shape index (κ3) is 15.7. The molecule has 0 aliphatic rings. The molecule has 0 spiro atoms.